The van der Waals surface area contributed by atoms with Gasteiger partial charge in [0.05, 0.1) is 23.0 Å². The Morgan fingerprint density at radius 2 is 2.04 bits per heavy atom. The van der Waals surface area contributed by atoms with Crippen molar-refractivity contribution >= 4 is 22.8 Å². The standard InChI is InChI=1S/C18H23N3O3/c1-12(2)18(17(23)24)8-9-21(11-18)16(22)10-14-13-6-4-5-7-15(13)20(3)19-14/h4-7,12H,8-11H2,1-3H3,(H,23,24). The number of aliphatic carboxylic acids is 1. The van der Waals surface area contributed by atoms with Gasteiger partial charge in [-0.15, -0.1) is 0 Å². The van der Waals surface area contributed by atoms with Gasteiger partial charge >= 0.3 is 5.97 Å². The lowest BCUT2D eigenvalue weighted by molar-refractivity contribution is -0.151. The number of para-hydroxylation sites is 1. The summed E-state index contributed by atoms with van der Waals surface area (Å²) in [6, 6.07) is 7.81. The molecule has 1 atom stereocenters. The van der Waals surface area contributed by atoms with Gasteiger partial charge in [0.1, 0.15) is 0 Å². The molecular formula is C18H23N3O3. The molecule has 3 rings (SSSR count). The van der Waals surface area contributed by atoms with Gasteiger partial charge in [0.2, 0.25) is 5.91 Å². The van der Waals surface area contributed by atoms with E-state index >= 15 is 0 Å². The molecule has 24 heavy (non-hydrogen) atoms. The Morgan fingerprint density at radius 1 is 1.33 bits per heavy atom. The molecule has 0 bridgehead atoms. The number of carboxylic acids is 1. The van der Waals surface area contributed by atoms with Crippen LogP contribution in [0, 0.1) is 11.3 Å². The molecule has 0 aliphatic carbocycles. The number of hydrogen-bond acceptors (Lipinski definition) is 3. The van der Waals surface area contributed by atoms with Crippen LogP contribution in [0.3, 0.4) is 0 Å². The van der Waals surface area contributed by atoms with Crippen molar-refractivity contribution < 1.29 is 14.7 Å². The number of carbonyl (C=O) groups excluding carboxylic acids is 1. The number of aromatic nitrogens is 2. The molecule has 1 saturated heterocycles. The van der Waals surface area contributed by atoms with E-state index < -0.39 is 11.4 Å². The van der Waals surface area contributed by atoms with Crippen molar-refractivity contribution in [1.29, 1.82) is 0 Å². The molecule has 1 unspecified atom stereocenters. The lowest BCUT2D eigenvalue weighted by atomic mass is 9.76. The molecule has 1 aliphatic rings. The van der Waals surface area contributed by atoms with Crippen molar-refractivity contribution in [2.75, 3.05) is 13.1 Å². The number of fused-ring (bicyclic) bond motifs is 1. The SMILES string of the molecule is CC(C)C1(C(=O)O)CCN(C(=O)Cc2nn(C)c3ccccc23)C1. The van der Waals surface area contributed by atoms with Crippen LogP contribution in [0.1, 0.15) is 26.0 Å². The maximum Gasteiger partial charge on any atom is 0.311 e. The van der Waals surface area contributed by atoms with Crippen molar-refractivity contribution in [2.45, 2.75) is 26.7 Å². The molecule has 128 valence electrons. The molecule has 6 heteroatoms. The van der Waals surface area contributed by atoms with Crippen molar-refractivity contribution in [2.24, 2.45) is 18.4 Å². The van der Waals surface area contributed by atoms with Crippen LogP contribution in [0.5, 0.6) is 0 Å². The maximum absolute atomic E-state index is 12.7. The summed E-state index contributed by atoms with van der Waals surface area (Å²) in [6.07, 6.45) is 0.712. The van der Waals surface area contributed by atoms with Crippen LogP contribution in [0.4, 0.5) is 0 Å². The van der Waals surface area contributed by atoms with Crippen molar-refractivity contribution in [3.05, 3.63) is 30.0 Å². The summed E-state index contributed by atoms with van der Waals surface area (Å²) in [6.45, 7) is 4.60. The fourth-order valence-corrected chi connectivity index (χ4v) is 3.61. The molecule has 2 aromatic rings. The zero-order valence-electron chi connectivity index (χ0n) is 14.3. The van der Waals surface area contributed by atoms with E-state index in [4.69, 9.17) is 0 Å². The molecule has 1 N–H and O–H groups in total. The third-order valence-corrected chi connectivity index (χ3v) is 5.34. The summed E-state index contributed by atoms with van der Waals surface area (Å²) in [4.78, 5) is 26.1. The Balaban J connectivity index is 1.80. The van der Waals surface area contributed by atoms with Crippen LogP contribution in [0.2, 0.25) is 0 Å². The average Bonchev–Trinajstić information content (AvgIpc) is 3.12. The second kappa shape index (κ2) is 5.92. The van der Waals surface area contributed by atoms with Gasteiger partial charge in [-0.2, -0.15) is 5.10 Å². The Bertz CT molecular complexity index is 796. The lowest BCUT2D eigenvalue weighted by Crippen LogP contribution is -2.41. The summed E-state index contributed by atoms with van der Waals surface area (Å²) in [5.41, 5.74) is 0.904. The Labute approximate surface area is 141 Å². The van der Waals surface area contributed by atoms with Crippen LogP contribution in [0.25, 0.3) is 10.9 Å². The molecule has 1 aromatic heterocycles. The zero-order valence-corrected chi connectivity index (χ0v) is 14.3. The number of nitrogens with zero attached hydrogens (tertiary/aromatic N) is 3. The lowest BCUT2D eigenvalue weighted by Gasteiger charge is -2.28. The van der Waals surface area contributed by atoms with Gasteiger partial charge in [-0.05, 0) is 18.4 Å². The minimum Gasteiger partial charge on any atom is -0.481 e. The minimum atomic E-state index is -0.832. The summed E-state index contributed by atoms with van der Waals surface area (Å²) in [7, 11) is 1.86. The quantitative estimate of drug-likeness (QED) is 0.932. The first-order valence-electron chi connectivity index (χ1n) is 8.27. The summed E-state index contributed by atoms with van der Waals surface area (Å²) in [5.74, 6) is -0.873. The van der Waals surface area contributed by atoms with Crippen LogP contribution < -0.4 is 0 Å². The maximum atomic E-state index is 12.7. The topological polar surface area (TPSA) is 75.4 Å². The first-order valence-corrected chi connectivity index (χ1v) is 8.27. The predicted molar refractivity (Wildman–Crippen MR) is 90.5 cm³/mol. The molecule has 2 heterocycles. The molecular weight excluding hydrogens is 306 g/mol. The number of benzene rings is 1. The van der Waals surface area contributed by atoms with Crippen LogP contribution in [-0.4, -0.2) is 44.8 Å². The fraction of sp³-hybridized carbons (Fsp3) is 0.500. The minimum absolute atomic E-state index is 0.0107. The largest absolute Gasteiger partial charge is 0.481 e. The smallest absolute Gasteiger partial charge is 0.311 e. The predicted octanol–water partition coefficient (Wildman–Crippen LogP) is 2.08. The molecule has 0 radical (unpaired) electrons. The third kappa shape index (κ3) is 2.56. The molecule has 1 fully saturated rings. The second-order valence-electron chi connectivity index (χ2n) is 6.95. The summed E-state index contributed by atoms with van der Waals surface area (Å²) >= 11 is 0. The third-order valence-electron chi connectivity index (χ3n) is 5.34. The van der Waals surface area contributed by atoms with Gasteiger partial charge in [0.25, 0.3) is 0 Å². The van der Waals surface area contributed by atoms with E-state index in [1.165, 1.54) is 0 Å². The van der Waals surface area contributed by atoms with E-state index in [0.29, 0.717) is 13.0 Å². The van der Waals surface area contributed by atoms with E-state index in [1.807, 2.05) is 45.2 Å². The molecule has 0 spiro atoms. The highest BCUT2D eigenvalue weighted by Gasteiger charge is 2.48. The van der Waals surface area contributed by atoms with Gasteiger partial charge in [-0.25, -0.2) is 0 Å². The van der Waals surface area contributed by atoms with Gasteiger partial charge in [0, 0.05) is 25.5 Å². The highest BCUT2D eigenvalue weighted by atomic mass is 16.4. The Hall–Kier alpha value is -2.37. The van der Waals surface area contributed by atoms with E-state index in [-0.39, 0.29) is 24.8 Å². The van der Waals surface area contributed by atoms with Gasteiger partial charge in [-0.3, -0.25) is 14.3 Å². The van der Waals surface area contributed by atoms with E-state index in [9.17, 15) is 14.7 Å². The van der Waals surface area contributed by atoms with Crippen molar-refractivity contribution in [1.82, 2.24) is 14.7 Å². The van der Waals surface area contributed by atoms with Crippen LogP contribution in [0.15, 0.2) is 24.3 Å². The molecule has 0 saturated carbocycles. The van der Waals surface area contributed by atoms with E-state index in [1.54, 1.807) is 9.58 Å². The van der Waals surface area contributed by atoms with Crippen LogP contribution >= 0.6 is 0 Å². The summed E-state index contributed by atoms with van der Waals surface area (Å²) < 4.78 is 1.78. The zero-order chi connectivity index (χ0) is 17.5. The van der Waals surface area contributed by atoms with E-state index in [2.05, 4.69) is 5.10 Å². The van der Waals surface area contributed by atoms with Crippen molar-refractivity contribution in [3.8, 4) is 0 Å². The van der Waals surface area contributed by atoms with Crippen LogP contribution in [-0.2, 0) is 23.1 Å². The highest BCUT2D eigenvalue weighted by Crippen LogP contribution is 2.38. The van der Waals surface area contributed by atoms with Gasteiger partial charge < -0.3 is 10.0 Å². The monoisotopic (exact) mass is 329 g/mol. The summed E-state index contributed by atoms with van der Waals surface area (Å²) in [5, 5.41) is 15.0. The molecule has 1 aromatic carbocycles. The fourth-order valence-electron chi connectivity index (χ4n) is 3.61. The molecule has 1 amide bonds. The number of hydrogen-bond donors (Lipinski definition) is 1. The van der Waals surface area contributed by atoms with Gasteiger partial charge in [0.15, 0.2) is 0 Å². The molecule has 1 aliphatic heterocycles. The Kier molecular flexibility index (Phi) is 4.07. The number of amides is 1. The second-order valence-corrected chi connectivity index (χ2v) is 6.95. The number of carboxylic acid groups (broad SMARTS) is 1. The van der Waals surface area contributed by atoms with Gasteiger partial charge in [-0.1, -0.05) is 32.0 Å². The Morgan fingerprint density at radius 3 is 2.67 bits per heavy atom. The highest BCUT2D eigenvalue weighted by molar-refractivity contribution is 5.88. The normalized spacial score (nSPS) is 20.9. The number of aryl methyl sites for hydroxylation is 1. The first-order chi connectivity index (χ1) is 11.3. The molecule has 6 nitrogen and oxygen atoms in total. The number of likely N-dealkylation sites (tertiary alicyclic amines) is 1. The first kappa shape index (κ1) is 16.5. The average molecular weight is 329 g/mol. The van der Waals surface area contributed by atoms with Crippen molar-refractivity contribution in [3.63, 3.8) is 0 Å². The van der Waals surface area contributed by atoms with E-state index in [0.717, 1.165) is 16.6 Å². The number of carbonyl (C=O) groups is 2. The number of rotatable bonds is 4.